The average molecular weight is 224 g/mol. The molecular weight excluding hydrogens is 211 g/mol. The van der Waals surface area contributed by atoms with Crippen molar-refractivity contribution in [2.45, 2.75) is 6.42 Å². The number of aliphatic hydroxyl groups excluding tert-OH is 1. The third-order valence-corrected chi connectivity index (χ3v) is 2.55. The molecule has 0 bridgehead atoms. The number of fused-ring (bicyclic) bond motifs is 1. The van der Waals surface area contributed by atoms with Crippen LogP contribution in [0.4, 0.5) is 4.39 Å². The van der Waals surface area contributed by atoms with Gasteiger partial charge < -0.3 is 9.84 Å². The van der Waals surface area contributed by atoms with Gasteiger partial charge in [0, 0.05) is 31.5 Å². The number of hydrogen-bond donors (Lipinski definition) is 1. The number of halogens is 1. The minimum absolute atomic E-state index is 0.0196. The van der Waals surface area contributed by atoms with E-state index in [4.69, 9.17) is 9.84 Å². The molecule has 0 amide bonds. The number of hydrogen-bond acceptors (Lipinski definition) is 3. The van der Waals surface area contributed by atoms with E-state index in [0.29, 0.717) is 11.9 Å². The number of nitrogens with zero attached hydrogens (tertiary/aromatic N) is 2. The van der Waals surface area contributed by atoms with Crippen LogP contribution in [0, 0.1) is 5.82 Å². The van der Waals surface area contributed by atoms with E-state index in [-0.39, 0.29) is 12.4 Å². The maximum absolute atomic E-state index is 13.5. The summed E-state index contributed by atoms with van der Waals surface area (Å²) >= 11 is 0. The van der Waals surface area contributed by atoms with Crippen LogP contribution in [-0.4, -0.2) is 28.6 Å². The Morgan fingerprint density at radius 2 is 2.25 bits per heavy atom. The smallest absolute Gasteiger partial charge is 0.167 e. The van der Waals surface area contributed by atoms with Gasteiger partial charge >= 0.3 is 0 Å². The van der Waals surface area contributed by atoms with Crippen molar-refractivity contribution < 1.29 is 14.2 Å². The normalized spacial score (nSPS) is 11.0. The molecule has 4 nitrogen and oxygen atoms in total. The summed E-state index contributed by atoms with van der Waals surface area (Å²) in [7, 11) is 3.17. The molecule has 1 N–H and O–H groups in total. The lowest BCUT2D eigenvalue weighted by Crippen LogP contribution is -1.94. The molecule has 2 rings (SSSR count). The summed E-state index contributed by atoms with van der Waals surface area (Å²) in [5, 5.41) is 14.0. The number of benzene rings is 1. The van der Waals surface area contributed by atoms with Crippen LogP contribution in [0.5, 0.6) is 5.75 Å². The Morgan fingerprint density at radius 3 is 2.88 bits per heavy atom. The highest BCUT2D eigenvalue weighted by Gasteiger charge is 2.12. The quantitative estimate of drug-likeness (QED) is 0.853. The zero-order valence-corrected chi connectivity index (χ0v) is 9.20. The van der Waals surface area contributed by atoms with Crippen LogP contribution < -0.4 is 4.74 Å². The minimum Gasteiger partial charge on any atom is -0.494 e. The number of aliphatic hydroxyl groups is 1. The molecule has 0 radical (unpaired) electrons. The lowest BCUT2D eigenvalue weighted by molar-refractivity contribution is 0.298. The molecule has 0 saturated carbocycles. The van der Waals surface area contributed by atoms with Crippen molar-refractivity contribution in [1.82, 2.24) is 9.78 Å². The van der Waals surface area contributed by atoms with Crippen molar-refractivity contribution in [2.75, 3.05) is 13.7 Å². The molecule has 2 aromatic rings. The molecular formula is C11H13FN2O2. The summed E-state index contributed by atoms with van der Waals surface area (Å²) in [4.78, 5) is 0. The number of methoxy groups -OCH3 is 1. The molecule has 16 heavy (non-hydrogen) atoms. The van der Waals surface area contributed by atoms with Crippen LogP contribution in [0.2, 0.25) is 0 Å². The highest BCUT2D eigenvalue weighted by molar-refractivity contribution is 5.83. The Balaban J connectivity index is 2.67. The van der Waals surface area contributed by atoms with E-state index in [9.17, 15) is 4.39 Å². The van der Waals surface area contributed by atoms with Gasteiger partial charge in [0.2, 0.25) is 0 Å². The van der Waals surface area contributed by atoms with Crippen LogP contribution in [0.25, 0.3) is 10.9 Å². The second-order valence-electron chi connectivity index (χ2n) is 3.55. The Hall–Kier alpha value is -1.62. The molecule has 0 atom stereocenters. The van der Waals surface area contributed by atoms with Gasteiger partial charge in [-0.25, -0.2) is 4.39 Å². The fourth-order valence-electron chi connectivity index (χ4n) is 1.78. The minimum atomic E-state index is -0.409. The van der Waals surface area contributed by atoms with Crippen molar-refractivity contribution in [3.63, 3.8) is 0 Å². The first-order chi connectivity index (χ1) is 7.67. The summed E-state index contributed by atoms with van der Waals surface area (Å²) in [6.07, 6.45) is 0.451. The Morgan fingerprint density at radius 1 is 1.50 bits per heavy atom. The first-order valence-corrected chi connectivity index (χ1v) is 4.97. The van der Waals surface area contributed by atoms with Crippen molar-refractivity contribution in [2.24, 2.45) is 7.05 Å². The second-order valence-corrected chi connectivity index (χ2v) is 3.55. The van der Waals surface area contributed by atoms with Crippen LogP contribution >= 0.6 is 0 Å². The van der Waals surface area contributed by atoms with E-state index in [1.165, 1.54) is 13.2 Å². The van der Waals surface area contributed by atoms with Crippen LogP contribution in [0.3, 0.4) is 0 Å². The van der Waals surface area contributed by atoms with Gasteiger partial charge in [-0.1, -0.05) is 0 Å². The predicted octanol–water partition coefficient (Wildman–Crippen LogP) is 1.26. The van der Waals surface area contributed by atoms with E-state index in [1.807, 2.05) is 0 Å². The molecule has 0 saturated heterocycles. The Bertz CT molecular complexity index is 522. The molecule has 0 aliphatic heterocycles. The van der Waals surface area contributed by atoms with Gasteiger partial charge in [-0.15, -0.1) is 0 Å². The molecule has 0 aliphatic rings. The lowest BCUT2D eigenvalue weighted by Gasteiger charge is -2.02. The number of ether oxygens (including phenoxy) is 1. The van der Waals surface area contributed by atoms with Crippen LogP contribution in [0.1, 0.15) is 5.69 Å². The van der Waals surface area contributed by atoms with E-state index < -0.39 is 5.82 Å². The van der Waals surface area contributed by atoms with Gasteiger partial charge in [0.1, 0.15) is 0 Å². The first-order valence-electron chi connectivity index (χ1n) is 4.97. The van der Waals surface area contributed by atoms with Gasteiger partial charge in [0.15, 0.2) is 11.6 Å². The first kappa shape index (κ1) is 10.9. The Labute approximate surface area is 92.3 Å². The SMILES string of the molecule is COc1cc2c(CCO)nn(C)c2cc1F. The molecule has 0 fully saturated rings. The molecule has 0 spiro atoms. The topological polar surface area (TPSA) is 47.3 Å². The number of rotatable bonds is 3. The fraction of sp³-hybridized carbons (Fsp3) is 0.364. The molecule has 1 aromatic carbocycles. The van der Waals surface area contributed by atoms with Crippen molar-refractivity contribution in [3.05, 3.63) is 23.6 Å². The van der Waals surface area contributed by atoms with Crippen LogP contribution in [-0.2, 0) is 13.5 Å². The predicted molar refractivity (Wildman–Crippen MR) is 58.0 cm³/mol. The molecule has 0 unspecified atom stereocenters. The van der Waals surface area contributed by atoms with E-state index in [2.05, 4.69) is 5.10 Å². The van der Waals surface area contributed by atoms with Crippen molar-refractivity contribution in [1.29, 1.82) is 0 Å². The second kappa shape index (κ2) is 4.09. The average Bonchev–Trinajstić information content (AvgIpc) is 2.55. The van der Waals surface area contributed by atoms with Crippen molar-refractivity contribution in [3.8, 4) is 5.75 Å². The van der Waals surface area contributed by atoms with Gasteiger partial charge in [-0.2, -0.15) is 5.10 Å². The van der Waals surface area contributed by atoms with E-state index in [0.717, 1.165) is 11.1 Å². The van der Waals surface area contributed by atoms with Gasteiger partial charge in [-0.3, -0.25) is 4.68 Å². The zero-order chi connectivity index (χ0) is 11.7. The number of aromatic nitrogens is 2. The van der Waals surface area contributed by atoms with E-state index in [1.54, 1.807) is 17.8 Å². The maximum atomic E-state index is 13.5. The molecule has 0 aliphatic carbocycles. The maximum Gasteiger partial charge on any atom is 0.167 e. The fourth-order valence-corrected chi connectivity index (χ4v) is 1.78. The summed E-state index contributed by atoms with van der Waals surface area (Å²) in [6.45, 7) is 0.0196. The summed E-state index contributed by atoms with van der Waals surface area (Å²) < 4.78 is 20.0. The third-order valence-electron chi connectivity index (χ3n) is 2.55. The summed E-state index contributed by atoms with van der Waals surface area (Å²) in [5.41, 5.74) is 1.44. The highest BCUT2D eigenvalue weighted by atomic mass is 19.1. The molecule has 86 valence electrons. The lowest BCUT2D eigenvalue weighted by atomic mass is 10.1. The molecule has 1 heterocycles. The third kappa shape index (κ3) is 1.63. The summed E-state index contributed by atoms with van der Waals surface area (Å²) in [6, 6.07) is 3.00. The monoisotopic (exact) mass is 224 g/mol. The molecule has 1 aromatic heterocycles. The van der Waals surface area contributed by atoms with Crippen molar-refractivity contribution >= 4 is 10.9 Å². The van der Waals surface area contributed by atoms with E-state index >= 15 is 0 Å². The zero-order valence-electron chi connectivity index (χ0n) is 9.20. The van der Waals surface area contributed by atoms with Gasteiger partial charge in [-0.05, 0) is 6.07 Å². The summed E-state index contributed by atoms with van der Waals surface area (Å²) in [5.74, 6) is -0.215. The van der Waals surface area contributed by atoms with Gasteiger partial charge in [0.25, 0.3) is 0 Å². The number of aryl methyl sites for hydroxylation is 1. The van der Waals surface area contributed by atoms with Gasteiger partial charge in [0.05, 0.1) is 18.3 Å². The standard InChI is InChI=1S/C11H13FN2O2/c1-14-10-6-8(12)11(16-2)5-7(10)9(13-14)3-4-15/h5-6,15H,3-4H2,1-2H3. The largest absolute Gasteiger partial charge is 0.494 e. The Kier molecular flexibility index (Phi) is 2.78. The highest BCUT2D eigenvalue weighted by Crippen LogP contribution is 2.26. The molecule has 5 heteroatoms. The van der Waals surface area contributed by atoms with Crippen LogP contribution in [0.15, 0.2) is 12.1 Å².